The van der Waals surface area contributed by atoms with Crippen molar-refractivity contribution in [2.75, 3.05) is 13.2 Å². The number of carbonyl (C=O) groups is 2. The third-order valence-corrected chi connectivity index (χ3v) is 3.35. The first kappa shape index (κ1) is 13.9. The maximum Gasteiger partial charge on any atom is 0.355 e. The molecule has 1 amide bonds. The van der Waals surface area contributed by atoms with Crippen molar-refractivity contribution >= 4 is 17.6 Å². The third kappa shape index (κ3) is 2.74. The molecule has 0 aromatic heterocycles. The summed E-state index contributed by atoms with van der Waals surface area (Å²) in [4.78, 5) is 23.4. The van der Waals surface area contributed by atoms with E-state index < -0.39 is 17.8 Å². The van der Waals surface area contributed by atoms with E-state index in [2.05, 4.69) is 5.10 Å². The van der Waals surface area contributed by atoms with Crippen molar-refractivity contribution in [3.63, 3.8) is 0 Å². The van der Waals surface area contributed by atoms with Gasteiger partial charge in [-0.15, -0.1) is 0 Å². The number of halogens is 2. The molecule has 0 spiro atoms. The largest absolute Gasteiger partial charge is 0.461 e. The van der Waals surface area contributed by atoms with Gasteiger partial charge in [0.2, 0.25) is 5.92 Å². The first-order valence-electron chi connectivity index (χ1n) is 6.29. The molecule has 1 aliphatic heterocycles. The van der Waals surface area contributed by atoms with Crippen LogP contribution in [0.5, 0.6) is 0 Å². The Morgan fingerprint density at radius 1 is 1.53 bits per heavy atom. The minimum Gasteiger partial charge on any atom is -0.461 e. The first-order chi connectivity index (χ1) is 8.84. The SMILES string of the molecule is CCOC(=O)C1=NN(CC2CC(F)(F)C2)C(=O)C1C. The van der Waals surface area contributed by atoms with Crippen LogP contribution in [0.4, 0.5) is 8.78 Å². The minimum absolute atomic E-state index is 0.0536. The lowest BCUT2D eigenvalue weighted by Crippen LogP contribution is -2.42. The van der Waals surface area contributed by atoms with Crippen molar-refractivity contribution in [3.05, 3.63) is 0 Å². The van der Waals surface area contributed by atoms with E-state index in [0.717, 1.165) is 5.01 Å². The molecule has 1 heterocycles. The van der Waals surface area contributed by atoms with Crippen LogP contribution < -0.4 is 0 Å². The summed E-state index contributed by atoms with van der Waals surface area (Å²) in [7, 11) is 0. The molecule has 2 rings (SSSR count). The lowest BCUT2D eigenvalue weighted by molar-refractivity contribution is -0.140. The molecule has 1 fully saturated rings. The number of alkyl halides is 2. The fourth-order valence-electron chi connectivity index (χ4n) is 2.32. The Bertz CT molecular complexity index is 429. The number of hydrogen-bond acceptors (Lipinski definition) is 4. The highest BCUT2D eigenvalue weighted by Crippen LogP contribution is 2.43. The normalized spacial score (nSPS) is 26.1. The van der Waals surface area contributed by atoms with Crippen molar-refractivity contribution in [2.45, 2.75) is 32.6 Å². The fourth-order valence-corrected chi connectivity index (χ4v) is 2.32. The van der Waals surface area contributed by atoms with Crippen molar-refractivity contribution in [3.8, 4) is 0 Å². The standard InChI is InChI=1S/C12H16F2N2O3/c1-3-19-11(18)9-7(2)10(17)16(15-9)6-8-4-12(13,14)5-8/h7-8H,3-6H2,1-2H3. The van der Waals surface area contributed by atoms with E-state index in [4.69, 9.17) is 4.74 Å². The summed E-state index contributed by atoms with van der Waals surface area (Å²) in [6.07, 6.45) is -0.454. The lowest BCUT2D eigenvalue weighted by Gasteiger charge is -2.36. The number of esters is 1. The van der Waals surface area contributed by atoms with Gasteiger partial charge in [-0.2, -0.15) is 5.10 Å². The molecule has 5 nitrogen and oxygen atoms in total. The van der Waals surface area contributed by atoms with Gasteiger partial charge in [0.15, 0.2) is 5.71 Å². The van der Waals surface area contributed by atoms with E-state index in [9.17, 15) is 18.4 Å². The molecule has 1 atom stereocenters. The highest BCUT2D eigenvalue weighted by Gasteiger charge is 2.47. The van der Waals surface area contributed by atoms with Crippen LogP contribution >= 0.6 is 0 Å². The van der Waals surface area contributed by atoms with E-state index >= 15 is 0 Å². The van der Waals surface area contributed by atoms with Gasteiger partial charge >= 0.3 is 5.97 Å². The molecular formula is C12H16F2N2O3. The van der Waals surface area contributed by atoms with Gasteiger partial charge in [-0.1, -0.05) is 0 Å². The third-order valence-electron chi connectivity index (χ3n) is 3.35. The highest BCUT2D eigenvalue weighted by molar-refractivity contribution is 6.42. The quantitative estimate of drug-likeness (QED) is 0.729. The first-order valence-corrected chi connectivity index (χ1v) is 6.29. The maximum atomic E-state index is 12.7. The smallest absolute Gasteiger partial charge is 0.355 e. The second kappa shape index (κ2) is 4.86. The molecule has 1 aliphatic carbocycles. The summed E-state index contributed by atoms with van der Waals surface area (Å²) in [6, 6.07) is 0. The Kier molecular flexibility index (Phi) is 3.56. The van der Waals surface area contributed by atoms with Crippen LogP contribution in [0.1, 0.15) is 26.7 Å². The number of nitrogens with zero attached hydrogens (tertiary/aromatic N) is 2. The van der Waals surface area contributed by atoms with Crippen LogP contribution in [0.2, 0.25) is 0 Å². The number of carbonyl (C=O) groups excluding carboxylic acids is 2. The van der Waals surface area contributed by atoms with E-state index in [-0.39, 0.29) is 43.5 Å². The van der Waals surface area contributed by atoms with Gasteiger partial charge in [0.25, 0.3) is 5.91 Å². The predicted molar refractivity (Wildman–Crippen MR) is 62.6 cm³/mol. The van der Waals surface area contributed by atoms with E-state index in [1.54, 1.807) is 13.8 Å². The Morgan fingerprint density at radius 2 is 2.16 bits per heavy atom. The van der Waals surface area contributed by atoms with Gasteiger partial charge in [-0.25, -0.2) is 18.6 Å². The Balaban J connectivity index is 1.98. The second-order valence-electron chi connectivity index (χ2n) is 4.98. The second-order valence-corrected chi connectivity index (χ2v) is 4.98. The van der Waals surface area contributed by atoms with Gasteiger partial charge in [0, 0.05) is 19.4 Å². The van der Waals surface area contributed by atoms with Crippen LogP contribution in [-0.4, -0.2) is 41.7 Å². The molecule has 106 valence electrons. The van der Waals surface area contributed by atoms with Crippen LogP contribution in [0.25, 0.3) is 0 Å². The molecule has 7 heteroatoms. The van der Waals surface area contributed by atoms with E-state index in [1.165, 1.54) is 0 Å². The zero-order valence-electron chi connectivity index (χ0n) is 10.9. The van der Waals surface area contributed by atoms with Crippen LogP contribution in [0.15, 0.2) is 5.10 Å². The summed E-state index contributed by atoms with van der Waals surface area (Å²) in [5.74, 6) is -4.49. The zero-order valence-corrected chi connectivity index (χ0v) is 10.9. The number of ether oxygens (including phenoxy) is 1. The topological polar surface area (TPSA) is 59.0 Å². The lowest BCUT2D eigenvalue weighted by atomic mass is 9.81. The molecule has 0 aromatic carbocycles. The van der Waals surface area contributed by atoms with Gasteiger partial charge in [0.1, 0.15) is 0 Å². The molecule has 19 heavy (non-hydrogen) atoms. The van der Waals surface area contributed by atoms with Crippen LogP contribution in [0, 0.1) is 11.8 Å². The highest BCUT2D eigenvalue weighted by atomic mass is 19.3. The summed E-state index contributed by atoms with van der Waals surface area (Å²) in [5, 5.41) is 5.04. The van der Waals surface area contributed by atoms with Gasteiger partial charge in [0.05, 0.1) is 12.5 Å². The van der Waals surface area contributed by atoms with E-state index in [0.29, 0.717) is 0 Å². The molecule has 0 aromatic rings. The molecular weight excluding hydrogens is 258 g/mol. The number of amides is 1. The molecule has 0 bridgehead atoms. The monoisotopic (exact) mass is 274 g/mol. The van der Waals surface area contributed by atoms with Gasteiger partial charge < -0.3 is 4.74 Å². The summed E-state index contributed by atoms with van der Waals surface area (Å²) < 4.78 is 30.3. The summed E-state index contributed by atoms with van der Waals surface area (Å²) in [6.45, 7) is 3.57. The molecule has 1 saturated carbocycles. The fraction of sp³-hybridized carbons (Fsp3) is 0.750. The van der Waals surface area contributed by atoms with Crippen LogP contribution in [-0.2, 0) is 14.3 Å². The predicted octanol–water partition coefficient (Wildman–Crippen LogP) is 1.43. The van der Waals surface area contributed by atoms with Crippen molar-refractivity contribution in [1.82, 2.24) is 5.01 Å². The number of rotatable bonds is 4. The molecule has 0 N–H and O–H groups in total. The van der Waals surface area contributed by atoms with Gasteiger partial charge in [-0.05, 0) is 19.8 Å². The minimum atomic E-state index is -2.62. The van der Waals surface area contributed by atoms with E-state index in [1.807, 2.05) is 0 Å². The average molecular weight is 274 g/mol. The Hall–Kier alpha value is -1.53. The summed E-state index contributed by atoms with van der Waals surface area (Å²) in [5.41, 5.74) is 0.0536. The van der Waals surface area contributed by atoms with Crippen molar-refractivity contribution in [2.24, 2.45) is 16.9 Å². The Labute approximate surface area is 109 Å². The van der Waals surface area contributed by atoms with Crippen LogP contribution in [0.3, 0.4) is 0 Å². The average Bonchev–Trinajstić information content (AvgIpc) is 2.55. The zero-order chi connectivity index (χ0) is 14.2. The number of hydrazone groups is 1. The van der Waals surface area contributed by atoms with Crippen molar-refractivity contribution < 1.29 is 23.1 Å². The molecule has 0 radical (unpaired) electrons. The molecule has 1 unspecified atom stereocenters. The van der Waals surface area contributed by atoms with Gasteiger partial charge in [-0.3, -0.25) is 4.79 Å². The Morgan fingerprint density at radius 3 is 2.68 bits per heavy atom. The number of hydrogen-bond donors (Lipinski definition) is 0. The maximum absolute atomic E-state index is 12.7. The summed E-state index contributed by atoms with van der Waals surface area (Å²) >= 11 is 0. The molecule has 0 saturated heterocycles. The molecule has 2 aliphatic rings. The van der Waals surface area contributed by atoms with Crippen molar-refractivity contribution in [1.29, 1.82) is 0 Å².